The number of amides is 1. The molecule has 0 aliphatic carbocycles. The van der Waals surface area contributed by atoms with Crippen molar-refractivity contribution in [2.24, 2.45) is 5.92 Å². The van der Waals surface area contributed by atoms with Gasteiger partial charge in [0.15, 0.2) is 0 Å². The molecule has 1 aliphatic heterocycles. The predicted octanol–water partition coefficient (Wildman–Crippen LogP) is 1.81. The molecule has 0 saturated carbocycles. The highest BCUT2D eigenvalue weighted by molar-refractivity contribution is 5.80. The van der Waals surface area contributed by atoms with Crippen LogP contribution in [0.1, 0.15) is 18.4 Å². The zero-order valence-corrected chi connectivity index (χ0v) is 11.4. The van der Waals surface area contributed by atoms with Gasteiger partial charge < -0.3 is 15.4 Å². The topological polar surface area (TPSA) is 50.4 Å². The van der Waals surface area contributed by atoms with Gasteiger partial charge in [0, 0.05) is 32.5 Å². The first-order valence-corrected chi connectivity index (χ1v) is 6.89. The van der Waals surface area contributed by atoms with Crippen LogP contribution in [0.4, 0.5) is 5.69 Å². The van der Waals surface area contributed by atoms with E-state index >= 15 is 0 Å². The third-order valence-corrected chi connectivity index (χ3v) is 3.57. The highest BCUT2D eigenvalue weighted by Gasteiger charge is 2.14. The highest BCUT2D eigenvalue weighted by atomic mass is 16.5. The van der Waals surface area contributed by atoms with E-state index in [9.17, 15) is 4.79 Å². The molecule has 1 aliphatic rings. The van der Waals surface area contributed by atoms with Crippen LogP contribution in [-0.2, 0) is 16.0 Å². The highest BCUT2D eigenvalue weighted by Crippen LogP contribution is 2.19. The van der Waals surface area contributed by atoms with Crippen molar-refractivity contribution >= 4 is 11.6 Å². The number of benzene rings is 1. The van der Waals surface area contributed by atoms with E-state index in [1.165, 1.54) is 0 Å². The summed E-state index contributed by atoms with van der Waals surface area (Å²) in [4.78, 5) is 11.5. The van der Waals surface area contributed by atoms with E-state index in [1.807, 2.05) is 24.3 Å². The Morgan fingerprint density at radius 3 is 2.79 bits per heavy atom. The number of nitrogens with one attached hydrogen (secondary N) is 2. The molecule has 0 radical (unpaired) electrons. The average molecular weight is 262 g/mol. The van der Waals surface area contributed by atoms with Crippen LogP contribution in [0.15, 0.2) is 24.3 Å². The fraction of sp³-hybridized carbons (Fsp3) is 0.533. The SMILES string of the molecule is CNC(=O)Cc1ccccc1NCC1CCOCC1. The quantitative estimate of drug-likeness (QED) is 0.851. The Morgan fingerprint density at radius 1 is 1.32 bits per heavy atom. The van der Waals surface area contributed by atoms with Crippen LogP contribution in [0.5, 0.6) is 0 Å². The van der Waals surface area contributed by atoms with Gasteiger partial charge in [-0.3, -0.25) is 4.79 Å². The van der Waals surface area contributed by atoms with Crippen LogP contribution < -0.4 is 10.6 Å². The maximum absolute atomic E-state index is 11.5. The van der Waals surface area contributed by atoms with Crippen molar-refractivity contribution in [3.05, 3.63) is 29.8 Å². The Balaban J connectivity index is 1.93. The van der Waals surface area contributed by atoms with Gasteiger partial charge in [-0.1, -0.05) is 18.2 Å². The molecule has 4 heteroatoms. The summed E-state index contributed by atoms with van der Waals surface area (Å²) in [6.45, 7) is 2.69. The van der Waals surface area contributed by atoms with Gasteiger partial charge in [0.05, 0.1) is 6.42 Å². The maximum atomic E-state index is 11.5. The lowest BCUT2D eigenvalue weighted by Gasteiger charge is -2.23. The van der Waals surface area contributed by atoms with Gasteiger partial charge >= 0.3 is 0 Å². The molecule has 1 saturated heterocycles. The van der Waals surface area contributed by atoms with E-state index in [4.69, 9.17) is 4.74 Å². The van der Waals surface area contributed by atoms with Gasteiger partial charge in [0.25, 0.3) is 0 Å². The molecule has 19 heavy (non-hydrogen) atoms. The molecule has 2 rings (SSSR count). The monoisotopic (exact) mass is 262 g/mol. The fourth-order valence-corrected chi connectivity index (χ4v) is 2.31. The first-order valence-electron chi connectivity index (χ1n) is 6.89. The Hall–Kier alpha value is -1.55. The van der Waals surface area contributed by atoms with Crippen LogP contribution in [0.3, 0.4) is 0 Å². The van der Waals surface area contributed by atoms with E-state index in [-0.39, 0.29) is 5.91 Å². The molecule has 1 heterocycles. The number of para-hydroxylation sites is 1. The van der Waals surface area contributed by atoms with Gasteiger partial charge in [-0.05, 0) is 30.4 Å². The lowest BCUT2D eigenvalue weighted by Crippen LogP contribution is -2.24. The number of rotatable bonds is 5. The third-order valence-electron chi connectivity index (χ3n) is 3.57. The Labute approximate surface area is 114 Å². The molecule has 104 valence electrons. The molecule has 1 aromatic rings. The molecule has 0 bridgehead atoms. The Morgan fingerprint density at radius 2 is 2.05 bits per heavy atom. The zero-order chi connectivity index (χ0) is 13.5. The average Bonchev–Trinajstić information content (AvgIpc) is 2.47. The lowest BCUT2D eigenvalue weighted by atomic mass is 10.00. The lowest BCUT2D eigenvalue weighted by molar-refractivity contribution is -0.119. The molecule has 1 fully saturated rings. The van der Waals surface area contributed by atoms with Crippen LogP contribution in [-0.4, -0.2) is 32.7 Å². The summed E-state index contributed by atoms with van der Waals surface area (Å²) in [6, 6.07) is 8.01. The number of anilines is 1. The minimum absolute atomic E-state index is 0.0420. The molecule has 0 aromatic heterocycles. The summed E-state index contributed by atoms with van der Waals surface area (Å²) in [5.74, 6) is 0.710. The van der Waals surface area contributed by atoms with Gasteiger partial charge in [0.2, 0.25) is 5.91 Å². The Bertz CT molecular complexity index is 414. The Kier molecular flexibility index (Phi) is 5.21. The van der Waals surface area contributed by atoms with Crippen molar-refractivity contribution in [1.29, 1.82) is 0 Å². The van der Waals surface area contributed by atoms with Crippen molar-refractivity contribution in [2.45, 2.75) is 19.3 Å². The van der Waals surface area contributed by atoms with Crippen molar-refractivity contribution in [1.82, 2.24) is 5.32 Å². The van der Waals surface area contributed by atoms with Gasteiger partial charge in [-0.2, -0.15) is 0 Å². The largest absolute Gasteiger partial charge is 0.385 e. The summed E-state index contributed by atoms with van der Waals surface area (Å²) in [5, 5.41) is 6.14. The molecule has 1 amide bonds. The van der Waals surface area contributed by atoms with Crippen LogP contribution in [0.2, 0.25) is 0 Å². The third kappa shape index (κ3) is 4.24. The van der Waals surface area contributed by atoms with Crippen molar-refractivity contribution in [2.75, 3.05) is 32.1 Å². The first-order chi connectivity index (χ1) is 9.29. The van der Waals surface area contributed by atoms with E-state index in [1.54, 1.807) is 7.05 Å². The molecule has 1 aromatic carbocycles. The van der Waals surface area contributed by atoms with E-state index in [0.29, 0.717) is 12.3 Å². The minimum atomic E-state index is 0.0420. The van der Waals surface area contributed by atoms with Crippen LogP contribution >= 0.6 is 0 Å². The van der Waals surface area contributed by atoms with E-state index in [2.05, 4.69) is 10.6 Å². The molecule has 0 atom stereocenters. The van der Waals surface area contributed by atoms with Crippen LogP contribution in [0.25, 0.3) is 0 Å². The molecular formula is C15H22N2O2. The summed E-state index contributed by atoms with van der Waals surface area (Å²) >= 11 is 0. The predicted molar refractivity (Wildman–Crippen MR) is 76.2 cm³/mol. The number of hydrogen-bond acceptors (Lipinski definition) is 3. The summed E-state index contributed by atoms with van der Waals surface area (Å²) in [7, 11) is 1.67. The second-order valence-electron chi connectivity index (χ2n) is 4.94. The summed E-state index contributed by atoms with van der Waals surface area (Å²) in [6.07, 6.45) is 2.66. The smallest absolute Gasteiger partial charge is 0.224 e. The maximum Gasteiger partial charge on any atom is 0.224 e. The zero-order valence-electron chi connectivity index (χ0n) is 11.4. The second kappa shape index (κ2) is 7.14. The van der Waals surface area contributed by atoms with Gasteiger partial charge in [-0.15, -0.1) is 0 Å². The number of hydrogen-bond donors (Lipinski definition) is 2. The standard InChI is InChI=1S/C15H22N2O2/c1-16-15(18)10-13-4-2-3-5-14(13)17-11-12-6-8-19-9-7-12/h2-5,12,17H,6-11H2,1H3,(H,16,18). The number of carbonyl (C=O) groups excluding carboxylic acids is 1. The van der Waals surface area contributed by atoms with Crippen molar-refractivity contribution in [3.8, 4) is 0 Å². The fourth-order valence-electron chi connectivity index (χ4n) is 2.31. The van der Waals surface area contributed by atoms with Crippen LogP contribution in [0, 0.1) is 5.92 Å². The first kappa shape index (κ1) is 13.9. The van der Waals surface area contributed by atoms with Gasteiger partial charge in [-0.25, -0.2) is 0 Å². The number of likely N-dealkylation sites (N-methyl/N-ethyl adjacent to an activating group) is 1. The molecule has 4 nitrogen and oxygen atoms in total. The summed E-state index contributed by atoms with van der Waals surface area (Å²) < 4.78 is 5.36. The van der Waals surface area contributed by atoms with Gasteiger partial charge in [0.1, 0.15) is 0 Å². The molecule has 0 spiro atoms. The molecule has 2 N–H and O–H groups in total. The molecular weight excluding hydrogens is 240 g/mol. The second-order valence-corrected chi connectivity index (χ2v) is 4.94. The van der Waals surface area contributed by atoms with E-state index < -0.39 is 0 Å². The van der Waals surface area contributed by atoms with Crippen molar-refractivity contribution < 1.29 is 9.53 Å². The minimum Gasteiger partial charge on any atom is -0.385 e. The normalized spacial score (nSPS) is 16.1. The molecule has 0 unspecified atom stereocenters. The summed E-state index contributed by atoms with van der Waals surface area (Å²) in [5.41, 5.74) is 2.12. The van der Waals surface area contributed by atoms with E-state index in [0.717, 1.165) is 43.9 Å². The number of ether oxygens (including phenoxy) is 1. The van der Waals surface area contributed by atoms with Crippen molar-refractivity contribution in [3.63, 3.8) is 0 Å². The number of carbonyl (C=O) groups is 1.